The third-order valence-corrected chi connectivity index (χ3v) is 5.48. The fourth-order valence-corrected chi connectivity index (χ4v) is 4.11. The number of nitrogens with one attached hydrogen (secondary N) is 1. The van der Waals surface area contributed by atoms with E-state index in [0.717, 1.165) is 19.1 Å². The average Bonchev–Trinajstić information content (AvgIpc) is 3.12. The molecule has 4 heteroatoms. The third-order valence-electron chi connectivity index (χ3n) is 5.48. The molecule has 0 amide bonds. The molecule has 4 nitrogen and oxygen atoms in total. The van der Waals surface area contributed by atoms with E-state index in [1.54, 1.807) is 0 Å². The second kappa shape index (κ2) is 7.21. The minimum absolute atomic E-state index is 0.567. The van der Waals surface area contributed by atoms with Gasteiger partial charge in [-0.1, -0.05) is 0 Å². The fourth-order valence-electron chi connectivity index (χ4n) is 4.11. The first-order valence-electron chi connectivity index (χ1n) is 8.55. The molecule has 0 radical (unpaired) electrons. The Balaban J connectivity index is 1.37. The van der Waals surface area contributed by atoms with Gasteiger partial charge in [-0.25, -0.2) is 0 Å². The predicted molar refractivity (Wildman–Crippen MR) is 82.0 cm³/mol. The molecule has 3 fully saturated rings. The molecule has 1 N–H and O–H groups in total. The highest BCUT2D eigenvalue weighted by Gasteiger charge is 2.30. The highest BCUT2D eigenvalue weighted by molar-refractivity contribution is 4.85. The van der Waals surface area contributed by atoms with Crippen LogP contribution < -0.4 is 5.32 Å². The fraction of sp³-hybridized carbons (Fsp3) is 1.00. The van der Waals surface area contributed by atoms with Crippen LogP contribution in [0.2, 0.25) is 0 Å². The number of nitrogens with zero attached hydrogens (tertiary/aromatic N) is 2. The molecule has 3 rings (SSSR count). The molecular formula is C16H31N3O. The molecular weight excluding hydrogens is 250 g/mol. The van der Waals surface area contributed by atoms with Gasteiger partial charge >= 0.3 is 0 Å². The lowest BCUT2D eigenvalue weighted by Crippen LogP contribution is -2.44. The average molecular weight is 281 g/mol. The number of hydrogen-bond acceptors (Lipinski definition) is 4. The van der Waals surface area contributed by atoms with Crippen LogP contribution in [-0.4, -0.2) is 75.4 Å². The van der Waals surface area contributed by atoms with E-state index in [1.165, 1.54) is 65.0 Å². The zero-order chi connectivity index (χ0) is 13.8. The van der Waals surface area contributed by atoms with Crippen LogP contribution in [0.15, 0.2) is 0 Å². The summed E-state index contributed by atoms with van der Waals surface area (Å²) in [7, 11) is 2.06. The van der Waals surface area contributed by atoms with Crippen LogP contribution in [0.25, 0.3) is 0 Å². The number of likely N-dealkylation sites (tertiary alicyclic amines) is 2. The van der Waals surface area contributed by atoms with E-state index < -0.39 is 0 Å². The zero-order valence-corrected chi connectivity index (χ0v) is 13.0. The van der Waals surface area contributed by atoms with Gasteiger partial charge in [0.25, 0.3) is 0 Å². The van der Waals surface area contributed by atoms with Gasteiger partial charge in [0, 0.05) is 25.0 Å². The molecule has 0 aromatic heterocycles. The van der Waals surface area contributed by atoms with Crippen molar-refractivity contribution in [2.24, 2.45) is 11.8 Å². The molecule has 0 aromatic carbocycles. The van der Waals surface area contributed by atoms with E-state index in [2.05, 4.69) is 22.2 Å². The summed E-state index contributed by atoms with van der Waals surface area (Å²) in [6.07, 6.45) is 5.64. The Morgan fingerprint density at radius 3 is 2.35 bits per heavy atom. The summed E-state index contributed by atoms with van der Waals surface area (Å²) < 4.78 is 5.62. The van der Waals surface area contributed by atoms with Crippen LogP contribution in [0.3, 0.4) is 0 Å². The Kier molecular flexibility index (Phi) is 5.32. The maximum atomic E-state index is 5.62. The van der Waals surface area contributed by atoms with Crippen molar-refractivity contribution in [1.82, 2.24) is 15.1 Å². The molecule has 20 heavy (non-hydrogen) atoms. The molecule has 3 heterocycles. The largest absolute Gasteiger partial charge is 0.379 e. The van der Waals surface area contributed by atoms with E-state index in [0.29, 0.717) is 12.0 Å². The smallest absolute Gasteiger partial charge is 0.0623 e. The molecule has 0 saturated carbocycles. The van der Waals surface area contributed by atoms with E-state index in [9.17, 15) is 0 Å². The zero-order valence-electron chi connectivity index (χ0n) is 13.0. The molecule has 3 saturated heterocycles. The topological polar surface area (TPSA) is 27.7 Å². The standard InChI is InChI=1S/C16H31N3O/c1-17-16-13-20-12-15(16)11-19-8-4-14(5-9-19)10-18-6-2-3-7-18/h14-17H,2-13H2,1H3. The molecule has 2 atom stereocenters. The Morgan fingerprint density at radius 1 is 0.950 bits per heavy atom. The van der Waals surface area contributed by atoms with Crippen LogP contribution in [0.1, 0.15) is 25.7 Å². The second-order valence-electron chi connectivity index (χ2n) is 6.94. The van der Waals surface area contributed by atoms with Gasteiger partial charge < -0.3 is 19.9 Å². The number of piperidine rings is 1. The third kappa shape index (κ3) is 3.73. The van der Waals surface area contributed by atoms with Crippen LogP contribution in [0.5, 0.6) is 0 Å². The number of hydrogen-bond donors (Lipinski definition) is 1. The number of rotatable bonds is 5. The Labute approximate surface area is 123 Å². The summed E-state index contributed by atoms with van der Waals surface area (Å²) in [4.78, 5) is 5.35. The Morgan fingerprint density at radius 2 is 1.65 bits per heavy atom. The van der Waals surface area contributed by atoms with E-state index >= 15 is 0 Å². The summed E-state index contributed by atoms with van der Waals surface area (Å²) in [6, 6.07) is 0.567. The van der Waals surface area contributed by atoms with Gasteiger partial charge in [0.05, 0.1) is 13.2 Å². The highest BCUT2D eigenvalue weighted by atomic mass is 16.5. The van der Waals surface area contributed by atoms with Crippen molar-refractivity contribution in [3.05, 3.63) is 0 Å². The maximum absolute atomic E-state index is 5.62. The summed E-state index contributed by atoms with van der Waals surface area (Å²) >= 11 is 0. The van der Waals surface area contributed by atoms with Crippen molar-refractivity contribution >= 4 is 0 Å². The van der Waals surface area contributed by atoms with Crippen molar-refractivity contribution in [3.63, 3.8) is 0 Å². The first kappa shape index (κ1) is 14.8. The quantitative estimate of drug-likeness (QED) is 0.814. The number of likely N-dealkylation sites (N-methyl/N-ethyl adjacent to an activating group) is 1. The normalized spacial score (nSPS) is 34.0. The summed E-state index contributed by atoms with van der Waals surface area (Å²) in [5.74, 6) is 1.64. The minimum Gasteiger partial charge on any atom is -0.379 e. The molecule has 2 unspecified atom stereocenters. The molecule has 0 spiro atoms. The van der Waals surface area contributed by atoms with E-state index in [4.69, 9.17) is 4.74 Å². The molecule has 3 aliphatic heterocycles. The van der Waals surface area contributed by atoms with Crippen molar-refractivity contribution < 1.29 is 4.74 Å². The lowest BCUT2D eigenvalue weighted by Gasteiger charge is -2.35. The van der Waals surface area contributed by atoms with Crippen LogP contribution in [-0.2, 0) is 4.74 Å². The van der Waals surface area contributed by atoms with Gasteiger partial charge in [-0.15, -0.1) is 0 Å². The van der Waals surface area contributed by atoms with Gasteiger partial charge in [-0.2, -0.15) is 0 Å². The first-order valence-corrected chi connectivity index (χ1v) is 8.55. The highest BCUT2D eigenvalue weighted by Crippen LogP contribution is 2.23. The summed E-state index contributed by atoms with van der Waals surface area (Å²) in [5, 5.41) is 3.40. The van der Waals surface area contributed by atoms with Gasteiger partial charge in [-0.3, -0.25) is 0 Å². The SMILES string of the molecule is CNC1COCC1CN1CCC(CN2CCCC2)CC1. The lowest BCUT2D eigenvalue weighted by molar-refractivity contribution is 0.126. The number of ether oxygens (including phenoxy) is 1. The van der Waals surface area contributed by atoms with Crippen molar-refractivity contribution in [2.45, 2.75) is 31.7 Å². The van der Waals surface area contributed by atoms with Gasteiger partial charge in [-0.05, 0) is 64.8 Å². The summed E-state index contributed by atoms with van der Waals surface area (Å²) in [5.41, 5.74) is 0. The van der Waals surface area contributed by atoms with Gasteiger partial charge in [0.2, 0.25) is 0 Å². The molecule has 0 aromatic rings. The van der Waals surface area contributed by atoms with Crippen LogP contribution in [0.4, 0.5) is 0 Å². The molecule has 0 aliphatic carbocycles. The Hall–Kier alpha value is -0.160. The second-order valence-corrected chi connectivity index (χ2v) is 6.94. The van der Waals surface area contributed by atoms with Gasteiger partial charge in [0.1, 0.15) is 0 Å². The van der Waals surface area contributed by atoms with E-state index in [1.807, 2.05) is 0 Å². The first-order chi connectivity index (χ1) is 9.85. The summed E-state index contributed by atoms with van der Waals surface area (Å²) in [6.45, 7) is 9.72. The molecule has 0 bridgehead atoms. The van der Waals surface area contributed by atoms with E-state index in [-0.39, 0.29) is 0 Å². The van der Waals surface area contributed by atoms with Crippen molar-refractivity contribution in [3.8, 4) is 0 Å². The van der Waals surface area contributed by atoms with Crippen molar-refractivity contribution in [2.75, 3.05) is 59.5 Å². The molecule has 116 valence electrons. The lowest BCUT2D eigenvalue weighted by atomic mass is 9.94. The minimum atomic E-state index is 0.567. The Bertz CT molecular complexity index is 285. The van der Waals surface area contributed by atoms with Gasteiger partial charge in [0.15, 0.2) is 0 Å². The maximum Gasteiger partial charge on any atom is 0.0623 e. The monoisotopic (exact) mass is 281 g/mol. The molecule has 3 aliphatic rings. The van der Waals surface area contributed by atoms with Crippen LogP contribution >= 0.6 is 0 Å². The van der Waals surface area contributed by atoms with Crippen LogP contribution in [0, 0.1) is 11.8 Å². The van der Waals surface area contributed by atoms with Crippen molar-refractivity contribution in [1.29, 1.82) is 0 Å². The predicted octanol–water partition coefficient (Wildman–Crippen LogP) is 1.03.